The molecular weight excluding hydrogens is 1850 g/mol. The minimum Gasteiger partial charge on any atom is -0.459 e. The Bertz CT molecular complexity index is 4000. The first-order valence-electron chi connectivity index (χ1n) is 44.9. The third kappa shape index (κ3) is 31.8. The number of nitrogens with one attached hydrogen (secondary N) is 3. The number of benzene rings is 3. The van der Waals surface area contributed by atoms with Gasteiger partial charge < -0.3 is 161 Å². The van der Waals surface area contributed by atoms with Crippen LogP contribution in [0.3, 0.4) is 0 Å². The monoisotopic (exact) mass is 1990 g/mol. The summed E-state index contributed by atoms with van der Waals surface area (Å²) in [6.45, 7) is 21.7. The summed E-state index contributed by atoms with van der Waals surface area (Å²) in [4.78, 5) is 56.5. The topological polar surface area (TPSA) is 502 Å². The van der Waals surface area contributed by atoms with E-state index in [4.69, 9.17) is 114 Å². The van der Waals surface area contributed by atoms with Gasteiger partial charge in [-0.1, -0.05) is 124 Å². The molecule has 11 aliphatic rings. The number of thioether (sulfide) groups is 1. The fourth-order valence-electron chi connectivity index (χ4n) is 17.1. The molecule has 41 atom stereocenters. The number of methoxy groups -OCH3 is 5. The summed E-state index contributed by atoms with van der Waals surface area (Å²) in [5, 5.41) is 85.0. The van der Waals surface area contributed by atoms with Crippen LogP contribution in [0.25, 0.3) is 0 Å². The van der Waals surface area contributed by atoms with Gasteiger partial charge in [-0.15, -0.1) is 0 Å². The van der Waals surface area contributed by atoms with E-state index in [9.17, 15) is 49.8 Å². The summed E-state index contributed by atoms with van der Waals surface area (Å²) in [5.41, 5.74) is 1.51. The van der Waals surface area contributed by atoms with Crippen LogP contribution in [-0.2, 0) is 109 Å². The van der Waals surface area contributed by atoms with Gasteiger partial charge in [0.1, 0.15) is 123 Å². The molecule has 0 amide bonds. The van der Waals surface area contributed by atoms with Crippen molar-refractivity contribution < 1.29 is 164 Å². The second-order valence-corrected chi connectivity index (χ2v) is 42.0. The van der Waals surface area contributed by atoms with Crippen LogP contribution in [0, 0.1) is 53.3 Å². The molecule has 11 fully saturated rings. The number of aliphatic hydroxyl groups is 8. The SMILES string of the molecule is CNC[C@@H]1C(C)C(OC(C)=O)OC(COC(=O)c2ccccc2)[C@H]1C.CNC[C@@H]1C(C)C(Sc2ncccn2)OC(COC(=O)c2ccccc2)[C@H]1C.CNC[C@@H]1C(C)[C@@H](OC)OC(COC(=O)c2ccccc2)[C@H]1C.CO[C@H]1OC(CO)[C@@H](O)[C@H](O)C1O.CO[C@H]1OC(CO)[C@@H](O)[C@H]2OC12.CO[C@H]1OC2COC(PPC)O[C@H]2[C@H](O)C1O.CO[C@H]1OC2COC(PPC)O[C@H]2[C@H]2OC12. The molecule has 0 spiro atoms. The van der Waals surface area contributed by atoms with E-state index in [-0.39, 0.29) is 177 Å². The molecule has 15 rings (SSSR count). The molecule has 44 heteroatoms. The van der Waals surface area contributed by atoms with Crippen LogP contribution in [0.15, 0.2) is 115 Å². The van der Waals surface area contributed by atoms with Crippen molar-refractivity contribution in [1.29, 1.82) is 0 Å². The van der Waals surface area contributed by atoms with Gasteiger partial charge in [0.25, 0.3) is 0 Å². The van der Waals surface area contributed by atoms with Crippen LogP contribution in [-0.4, -0.2) is 382 Å². The molecule has 0 radical (unpaired) electrons. The zero-order valence-electron chi connectivity index (χ0n) is 78.8. The largest absolute Gasteiger partial charge is 0.459 e. The van der Waals surface area contributed by atoms with Crippen molar-refractivity contribution in [2.24, 2.45) is 53.3 Å². The zero-order valence-corrected chi connectivity index (χ0v) is 83.6. The van der Waals surface area contributed by atoms with Gasteiger partial charge in [0.15, 0.2) is 48.7 Å². The highest BCUT2D eigenvalue weighted by atomic mass is 32.2. The normalized spacial score (nSPS) is 37.9. The Morgan fingerprint density at radius 1 is 0.396 bits per heavy atom. The molecule has 756 valence electrons. The number of esters is 4. The molecule has 11 aliphatic heterocycles. The lowest BCUT2D eigenvalue weighted by molar-refractivity contribution is -0.341. The minimum absolute atomic E-state index is 0.0269. The first kappa shape index (κ1) is 113. The van der Waals surface area contributed by atoms with Gasteiger partial charge >= 0.3 is 23.9 Å². The number of carbonyl (C=O) groups is 4. The molecule has 22 unspecified atom stereocenters. The van der Waals surface area contributed by atoms with E-state index in [2.05, 4.69) is 73.9 Å². The molecule has 0 saturated carbocycles. The first-order valence-corrected chi connectivity index (χ1v) is 53.0. The van der Waals surface area contributed by atoms with Crippen LogP contribution in [0.5, 0.6) is 0 Å². The fourth-order valence-corrected chi connectivity index (χ4v) is 21.7. The van der Waals surface area contributed by atoms with E-state index >= 15 is 0 Å². The lowest BCUT2D eigenvalue weighted by Crippen LogP contribution is -2.62. The van der Waals surface area contributed by atoms with Gasteiger partial charge in [-0.05, 0) is 155 Å². The molecule has 3 aromatic carbocycles. The number of ether oxygens (including phenoxy) is 22. The van der Waals surface area contributed by atoms with Crippen molar-refractivity contribution in [1.82, 2.24) is 25.9 Å². The minimum atomic E-state index is -1.36. The van der Waals surface area contributed by atoms with Crippen molar-refractivity contribution >= 4 is 68.7 Å². The smallest absolute Gasteiger partial charge is 0.338 e. The maximum atomic E-state index is 12.3. The quantitative estimate of drug-likeness (QED) is 0.0120. The molecule has 11 N–H and O–H groups in total. The van der Waals surface area contributed by atoms with Crippen LogP contribution in [0.4, 0.5) is 0 Å². The summed E-state index contributed by atoms with van der Waals surface area (Å²) in [6.07, 6.45) is -10.1. The van der Waals surface area contributed by atoms with Gasteiger partial charge in [0.2, 0.25) is 6.29 Å². The maximum Gasteiger partial charge on any atom is 0.338 e. The van der Waals surface area contributed by atoms with Crippen molar-refractivity contribution in [3.63, 3.8) is 0 Å². The Morgan fingerprint density at radius 3 is 1.22 bits per heavy atom. The Labute approximate surface area is 795 Å². The Balaban J connectivity index is 0.000000179. The summed E-state index contributed by atoms with van der Waals surface area (Å²) in [7, 11) is 16.2. The van der Waals surface area contributed by atoms with E-state index < -0.39 is 86.7 Å². The maximum absolute atomic E-state index is 12.3. The summed E-state index contributed by atoms with van der Waals surface area (Å²) in [6, 6.07) is 28.3. The molecule has 39 nitrogen and oxygen atoms in total. The number of aliphatic hydroxyl groups excluding tert-OH is 8. The summed E-state index contributed by atoms with van der Waals surface area (Å²) < 4.78 is 120. The molecule has 4 aromatic rings. The van der Waals surface area contributed by atoms with Gasteiger partial charge in [-0.25, -0.2) is 24.4 Å². The first-order chi connectivity index (χ1) is 64.5. The van der Waals surface area contributed by atoms with E-state index in [0.29, 0.717) is 69.4 Å². The number of carbonyl (C=O) groups excluding carboxylic acids is 4. The molecule has 11 saturated heterocycles. The van der Waals surface area contributed by atoms with Gasteiger partial charge in [-0.3, -0.25) is 4.79 Å². The molecular formula is C90H141N5O34P4S. The second-order valence-electron chi connectivity index (χ2n) is 33.7. The number of hydrogen-bond acceptors (Lipinski definition) is 40. The van der Waals surface area contributed by atoms with E-state index in [1.165, 1.54) is 40.0 Å². The molecule has 0 bridgehead atoms. The number of rotatable bonds is 29. The predicted octanol–water partition coefficient (Wildman–Crippen LogP) is 4.14. The highest BCUT2D eigenvalue weighted by Gasteiger charge is 2.61. The summed E-state index contributed by atoms with van der Waals surface area (Å²) in [5.74, 6) is 0.926. The second kappa shape index (κ2) is 57.6. The Kier molecular flexibility index (Phi) is 48.6. The van der Waals surface area contributed by atoms with Crippen LogP contribution in [0.1, 0.15) is 79.5 Å². The lowest BCUT2D eigenvalue weighted by Gasteiger charge is -2.45. The zero-order chi connectivity index (χ0) is 97.4. The number of epoxide rings is 2. The number of aromatic nitrogens is 2. The van der Waals surface area contributed by atoms with Crippen LogP contribution < -0.4 is 16.0 Å². The summed E-state index contributed by atoms with van der Waals surface area (Å²) >= 11 is 1.53. The number of hydrogen-bond donors (Lipinski definition) is 11. The van der Waals surface area contributed by atoms with Crippen molar-refractivity contribution in [3.05, 3.63) is 126 Å². The van der Waals surface area contributed by atoms with E-state index in [1.807, 2.05) is 70.5 Å². The van der Waals surface area contributed by atoms with Crippen molar-refractivity contribution in [3.8, 4) is 0 Å². The molecule has 0 aliphatic carbocycles. The van der Waals surface area contributed by atoms with Gasteiger partial charge in [0, 0.05) is 66.7 Å². The average Bonchev–Trinajstić information content (AvgIpc) is 1.59. The van der Waals surface area contributed by atoms with Gasteiger partial charge in [0.05, 0.1) is 61.4 Å². The average molecular weight is 1990 g/mol. The van der Waals surface area contributed by atoms with Gasteiger partial charge in [-0.2, -0.15) is 0 Å². The molecule has 1 aromatic heterocycles. The molecule has 12 heterocycles. The highest BCUT2D eigenvalue weighted by Crippen LogP contribution is 2.49. The van der Waals surface area contributed by atoms with Crippen LogP contribution in [0.2, 0.25) is 0 Å². The Hall–Kier alpha value is -4.47. The third-order valence-corrected chi connectivity index (χ3v) is 31.0. The van der Waals surface area contributed by atoms with Crippen molar-refractivity contribution in [2.75, 3.05) is 136 Å². The third-order valence-electron chi connectivity index (χ3n) is 25.0. The standard InChI is InChI=1S/C21H27N3O3S.C19H27NO5.C18H27NO4.C9H18O6P2.C9H16O5P2.C7H14O6.C7H12O5/c1-14-17(12-22-3)15(2)20(28-21-23-10-7-11-24-21)27-18(14)13-26-19(25)16-8-5-4-6-9-16;1-12-16(10-20-4)13(2)19(24-14(3)21)25-17(12)11-23-18(22)15-8-6-5-7-9-15;1-12-15(10-19-3)13(2)18(21-4)23-16(12)11-22-17(20)14-8-6-5-7-9-14;1-12-8-6(11)5(10)7-4(14-8)3-13-9(15-7)17-16-2;1-10-8-7-6(13-7)5-4(12-8)3-11-9(14-5)16-15-2;1-12-7-6(11)5(10)4(9)3(2-8)13-7;1-10-7-6-5(12-6)4(9)3(2-8)11-7/h4-11,14-15,17-18,20,22H,12-13H2,1-3H3;5-9,12-13,16-17,19-20H,10-11H2,1-4H3;5-9,12-13,15-16,18-19H,10-11H2,1-4H3;4-11,16-17H,3H2,1-2H3;4-9,15-16H,3H2,1-2H3;3-11H,2H2,1H3;3-9H,2H2,1H3/t14-,15?,17-,18?,20?;12-,13?,16-,17?,19?;12-,13?,15-,16?,18-;4?,5-,6?,7-,8+,9?;4?,5-,6-,7?,8+,9?;3?,4-,5+,6?,7+;3?,4-,5-,6?,7+/m0001111/s1. The van der Waals surface area contributed by atoms with E-state index in [1.54, 1.807) is 81.2 Å². The predicted molar refractivity (Wildman–Crippen MR) is 495 cm³/mol. The fraction of sp³-hybridized carbons (Fsp3) is 0.711. The Morgan fingerprint density at radius 2 is 0.769 bits per heavy atom. The molecule has 134 heavy (non-hydrogen) atoms. The number of nitrogens with zero attached hydrogens (tertiary/aromatic N) is 2. The van der Waals surface area contributed by atoms with E-state index in [0.717, 1.165) is 36.2 Å². The number of fused-ring (bicyclic) bond motifs is 5. The van der Waals surface area contributed by atoms with Crippen LogP contribution >= 0.6 is 44.8 Å². The lowest BCUT2D eigenvalue weighted by atomic mass is 9.77. The van der Waals surface area contributed by atoms with Crippen molar-refractivity contribution in [2.45, 2.75) is 225 Å². The highest BCUT2D eigenvalue weighted by molar-refractivity contribution is 8.12.